The molecule has 5 heteroatoms. The number of rotatable bonds is 5. The maximum absolute atomic E-state index is 13.8. The van der Waals surface area contributed by atoms with Gasteiger partial charge in [0.1, 0.15) is 5.82 Å². The Kier molecular flexibility index (Phi) is 5.89. The van der Waals surface area contributed by atoms with Crippen LogP contribution in [0.5, 0.6) is 0 Å². The number of carbonyl (C=O) groups excluding carboxylic acids is 2. The molecule has 0 N–H and O–H groups in total. The average molecular weight is 409 g/mol. The van der Waals surface area contributed by atoms with Crippen LogP contribution in [0.3, 0.4) is 0 Å². The summed E-state index contributed by atoms with van der Waals surface area (Å²) in [6.07, 6.45) is 3.31. The molecule has 30 heavy (non-hydrogen) atoms. The molecule has 1 heterocycles. The third-order valence-electron chi connectivity index (χ3n) is 6.35. The van der Waals surface area contributed by atoms with E-state index in [-0.39, 0.29) is 35.5 Å². The van der Waals surface area contributed by atoms with Crippen molar-refractivity contribution in [3.05, 3.63) is 71.0 Å². The third-order valence-corrected chi connectivity index (χ3v) is 6.35. The fourth-order valence-corrected chi connectivity index (χ4v) is 4.45. The zero-order valence-corrected chi connectivity index (χ0v) is 17.7. The molecular formula is C25H29FN2O2. The summed E-state index contributed by atoms with van der Waals surface area (Å²) >= 11 is 0. The van der Waals surface area contributed by atoms with Crippen LogP contribution in [0.15, 0.2) is 48.5 Å². The van der Waals surface area contributed by atoms with Gasteiger partial charge in [-0.1, -0.05) is 42.5 Å². The zero-order chi connectivity index (χ0) is 21.3. The van der Waals surface area contributed by atoms with Gasteiger partial charge in [-0.15, -0.1) is 0 Å². The van der Waals surface area contributed by atoms with E-state index in [0.29, 0.717) is 18.7 Å². The molecule has 1 aliphatic carbocycles. The average Bonchev–Trinajstić information content (AvgIpc) is 3.60. The topological polar surface area (TPSA) is 40.6 Å². The summed E-state index contributed by atoms with van der Waals surface area (Å²) in [7, 11) is 1.83. The van der Waals surface area contributed by atoms with Gasteiger partial charge in [0.15, 0.2) is 0 Å². The molecule has 158 valence electrons. The van der Waals surface area contributed by atoms with E-state index in [1.165, 1.54) is 6.07 Å². The van der Waals surface area contributed by atoms with Gasteiger partial charge in [-0.2, -0.15) is 0 Å². The second-order valence-corrected chi connectivity index (χ2v) is 8.74. The molecule has 2 aromatic carbocycles. The van der Waals surface area contributed by atoms with Crippen LogP contribution in [0.1, 0.15) is 48.4 Å². The monoisotopic (exact) mass is 408 g/mol. The van der Waals surface area contributed by atoms with Crippen molar-refractivity contribution in [1.82, 2.24) is 9.80 Å². The van der Waals surface area contributed by atoms with Crippen molar-refractivity contribution in [2.75, 3.05) is 13.6 Å². The summed E-state index contributed by atoms with van der Waals surface area (Å²) in [6, 6.07) is 15.0. The highest BCUT2D eigenvalue weighted by atomic mass is 19.1. The molecule has 2 amide bonds. The Morgan fingerprint density at radius 3 is 2.40 bits per heavy atom. The first-order valence-corrected chi connectivity index (χ1v) is 10.8. The molecule has 4 nitrogen and oxygen atoms in total. The molecule has 0 unspecified atom stereocenters. The van der Waals surface area contributed by atoms with Crippen molar-refractivity contribution in [1.29, 1.82) is 0 Å². The summed E-state index contributed by atoms with van der Waals surface area (Å²) in [4.78, 5) is 29.8. The predicted octanol–water partition coefficient (Wildman–Crippen LogP) is 4.48. The number of likely N-dealkylation sites (tertiary alicyclic amines) is 1. The van der Waals surface area contributed by atoms with Gasteiger partial charge >= 0.3 is 0 Å². The van der Waals surface area contributed by atoms with E-state index in [1.807, 2.05) is 48.3 Å². The van der Waals surface area contributed by atoms with Crippen LogP contribution in [-0.2, 0) is 16.1 Å². The zero-order valence-electron chi connectivity index (χ0n) is 17.7. The molecule has 0 aromatic heterocycles. The summed E-state index contributed by atoms with van der Waals surface area (Å²) in [5.74, 6) is -0.110. The standard InChI is InChI=1S/C25H29FN2O2/c1-17-14-20(10-12-22(17)26)23-13-11-21(16-28(23)25(30)19-8-9-19)24(29)27(2)15-18-6-4-3-5-7-18/h3-7,10,12,14,19,21,23H,8-9,11,13,15-16H2,1-2H3/t21-,23+/m1/s1. The Balaban J connectivity index is 1.50. The first-order valence-electron chi connectivity index (χ1n) is 10.8. The maximum atomic E-state index is 13.8. The molecule has 2 atom stereocenters. The van der Waals surface area contributed by atoms with Gasteiger partial charge in [0.25, 0.3) is 0 Å². The SMILES string of the molecule is Cc1cc([C@@H]2CC[C@@H](C(=O)N(C)Cc3ccccc3)CN2C(=O)C2CC2)ccc1F. The second-order valence-electron chi connectivity index (χ2n) is 8.74. The van der Waals surface area contributed by atoms with E-state index in [2.05, 4.69) is 0 Å². The molecule has 0 spiro atoms. The van der Waals surface area contributed by atoms with E-state index in [1.54, 1.807) is 17.9 Å². The van der Waals surface area contributed by atoms with Crippen molar-refractivity contribution in [2.45, 2.75) is 45.2 Å². The largest absolute Gasteiger partial charge is 0.341 e. The van der Waals surface area contributed by atoms with E-state index in [9.17, 15) is 14.0 Å². The number of piperidine rings is 1. The lowest BCUT2D eigenvalue weighted by atomic mass is 9.87. The van der Waals surface area contributed by atoms with E-state index < -0.39 is 0 Å². The van der Waals surface area contributed by atoms with Crippen LogP contribution in [0.4, 0.5) is 4.39 Å². The van der Waals surface area contributed by atoms with Crippen LogP contribution in [0, 0.1) is 24.6 Å². The van der Waals surface area contributed by atoms with Gasteiger partial charge in [-0.05, 0) is 55.4 Å². The molecule has 4 rings (SSSR count). The molecule has 2 fully saturated rings. The Morgan fingerprint density at radius 1 is 1.03 bits per heavy atom. The third kappa shape index (κ3) is 4.40. The molecule has 2 aliphatic rings. The highest BCUT2D eigenvalue weighted by molar-refractivity contribution is 5.84. The Bertz CT molecular complexity index is 926. The lowest BCUT2D eigenvalue weighted by Crippen LogP contribution is -2.47. The van der Waals surface area contributed by atoms with Gasteiger partial charge in [0.05, 0.1) is 12.0 Å². The van der Waals surface area contributed by atoms with Crippen LogP contribution in [0.2, 0.25) is 0 Å². The van der Waals surface area contributed by atoms with Crippen molar-refractivity contribution >= 4 is 11.8 Å². The number of carbonyl (C=O) groups is 2. The predicted molar refractivity (Wildman–Crippen MR) is 114 cm³/mol. The van der Waals surface area contributed by atoms with Crippen molar-refractivity contribution in [3.8, 4) is 0 Å². The fourth-order valence-electron chi connectivity index (χ4n) is 4.45. The number of benzene rings is 2. The number of hydrogen-bond donors (Lipinski definition) is 0. The maximum Gasteiger partial charge on any atom is 0.227 e. The first kappa shape index (κ1) is 20.6. The normalized spacial score (nSPS) is 21.4. The van der Waals surface area contributed by atoms with Crippen LogP contribution >= 0.6 is 0 Å². The molecular weight excluding hydrogens is 379 g/mol. The number of aryl methyl sites for hydroxylation is 1. The lowest BCUT2D eigenvalue weighted by Gasteiger charge is -2.40. The fraction of sp³-hybridized carbons (Fsp3) is 0.440. The summed E-state index contributed by atoms with van der Waals surface area (Å²) in [5.41, 5.74) is 2.65. The molecule has 1 saturated carbocycles. The van der Waals surface area contributed by atoms with Gasteiger partial charge in [-0.25, -0.2) is 4.39 Å². The molecule has 1 saturated heterocycles. The smallest absolute Gasteiger partial charge is 0.227 e. The summed E-state index contributed by atoms with van der Waals surface area (Å²) < 4.78 is 13.8. The van der Waals surface area contributed by atoms with Gasteiger partial charge in [0, 0.05) is 26.1 Å². The van der Waals surface area contributed by atoms with Crippen molar-refractivity contribution in [2.24, 2.45) is 11.8 Å². The molecule has 0 radical (unpaired) electrons. The number of hydrogen-bond acceptors (Lipinski definition) is 2. The van der Waals surface area contributed by atoms with Crippen LogP contribution in [0.25, 0.3) is 0 Å². The minimum Gasteiger partial charge on any atom is -0.341 e. The quantitative estimate of drug-likeness (QED) is 0.732. The minimum absolute atomic E-state index is 0.0825. The van der Waals surface area contributed by atoms with Gasteiger partial charge in [0.2, 0.25) is 11.8 Å². The number of amides is 2. The second kappa shape index (κ2) is 8.58. The summed E-state index contributed by atoms with van der Waals surface area (Å²) in [6.45, 7) is 2.75. The van der Waals surface area contributed by atoms with Crippen molar-refractivity contribution < 1.29 is 14.0 Å². The van der Waals surface area contributed by atoms with Gasteiger partial charge < -0.3 is 9.80 Å². The van der Waals surface area contributed by atoms with Gasteiger partial charge in [-0.3, -0.25) is 9.59 Å². The highest BCUT2D eigenvalue weighted by Gasteiger charge is 2.41. The lowest BCUT2D eigenvalue weighted by molar-refractivity contribution is -0.143. The highest BCUT2D eigenvalue weighted by Crippen LogP contribution is 2.40. The Hall–Kier alpha value is -2.69. The number of halogens is 1. The van der Waals surface area contributed by atoms with Crippen LogP contribution in [-0.4, -0.2) is 35.2 Å². The Morgan fingerprint density at radius 2 is 1.73 bits per heavy atom. The molecule has 0 bridgehead atoms. The van der Waals surface area contributed by atoms with Crippen molar-refractivity contribution in [3.63, 3.8) is 0 Å². The van der Waals surface area contributed by atoms with Crippen LogP contribution < -0.4 is 0 Å². The van der Waals surface area contributed by atoms with E-state index >= 15 is 0 Å². The minimum atomic E-state index is -0.231. The first-order chi connectivity index (χ1) is 14.4. The molecule has 2 aromatic rings. The summed E-state index contributed by atoms with van der Waals surface area (Å²) in [5, 5.41) is 0. The van der Waals surface area contributed by atoms with E-state index in [0.717, 1.165) is 36.8 Å². The Labute approximate surface area is 177 Å². The number of nitrogens with zero attached hydrogens (tertiary/aromatic N) is 2. The molecule has 1 aliphatic heterocycles. The van der Waals surface area contributed by atoms with E-state index in [4.69, 9.17) is 0 Å².